The van der Waals surface area contributed by atoms with E-state index < -0.39 is 23.1 Å². The highest BCUT2D eigenvalue weighted by Crippen LogP contribution is 2.32. The third-order valence-electron chi connectivity index (χ3n) is 4.57. The van der Waals surface area contributed by atoms with Gasteiger partial charge in [-0.25, -0.2) is 8.78 Å². The summed E-state index contributed by atoms with van der Waals surface area (Å²) in [5.41, 5.74) is -0.538. The van der Waals surface area contributed by atoms with E-state index in [0.29, 0.717) is 17.7 Å². The lowest BCUT2D eigenvalue weighted by Crippen LogP contribution is -2.40. The van der Waals surface area contributed by atoms with Crippen molar-refractivity contribution < 1.29 is 23.1 Å². The molecule has 2 amide bonds. The fourth-order valence-electron chi connectivity index (χ4n) is 2.91. The summed E-state index contributed by atoms with van der Waals surface area (Å²) in [5.74, 6) is -2.18. The molecule has 0 unspecified atom stereocenters. The van der Waals surface area contributed by atoms with Gasteiger partial charge in [-0.15, -0.1) is 0 Å². The fourth-order valence-corrected chi connectivity index (χ4v) is 2.91. The lowest BCUT2D eigenvalue weighted by atomic mass is 9.93. The van der Waals surface area contributed by atoms with Crippen molar-refractivity contribution >= 4 is 23.2 Å². The molecule has 0 saturated heterocycles. The Kier molecular flexibility index (Phi) is 4.73. The zero-order chi connectivity index (χ0) is 18.9. The summed E-state index contributed by atoms with van der Waals surface area (Å²) < 4.78 is 33.8. The van der Waals surface area contributed by atoms with Crippen LogP contribution >= 0.6 is 0 Å². The first kappa shape index (κ1) is 18.0. The highest BCUT2D eigenvalue weighted by molar-refractivity contribution is 5.99. The molecule has 0 radical (unpaired) electrons. The van der Waals surface area contributed by atoms with Gasteiger partial charge in [-0.2, -0.15) is 0 Å². The summed E-state index contributed by atoms with van der Waals surface area (Å²) in [6.07, 6.45) is 0.732. The number of benzene rings is 2. The third-order valence-corrected chi connectivity index (χ3v) is 4.57. The van der Waals surface area contributed by atoms with Gasteiger partial charge in [-0.05, 0) is 37.1 Å². The Hall–Kier alpha value is -2.80. The molecule has 0 bridgehead atoms. The molecule has 7 heteroatoms. The fraction of sp³-hybridized carbons (Fsp3) is 0.263. The zero-order valence-electron chi connectivity index (χ0n) is 14.4. The topological polar surface area (TPSA) is 67.4 Å². The minimum absolute atomic E-state index is 0.0469. The highest BCUT2D eigenvalue weighted by atomic mass is 19.1. The van der Waals surface area contributed by atoms with Gasteiger partial charge in [0.05, 0.1) is 5.69 Å². The molecule has 2 N–H and O–H groups in total. The van der Waals surface area contributed by atoms with E-state index in [1.54, 1.807) is 6.07 Å². The molecule has 1 aliphatic heterocycles. The van der Waals surface area contributed by atoms with Crippen LogP contribution in [0.2, 0.25) is 0 Å². The average molecular weight is 360 g/mol. The largest absolute Gasteiger partial charge is 0.364 e. The van der Waals surface area contributed by atoms with Crippen LogP contribution in [-0.4, -0.2) is 18.9 Å². The van der Waals surface area contributed by atoms with Gasteiger partial charge in [0.1, 0.15) is 11.6 Å². The van der Waals surface area contributed by atoms with Crippen molar-refractivity contribution in [2.75, 3.05) is 17.7 Å². The van der Waals surface area contributed by atoms with E-state index >= 15 is 0 Å². The van der Waals surface area contributed by atoms with Gasteiger partial charge in [0.15, 0.2) is 5.60 Å². The first-order chi connectivity index (χ1) is 12.3. The van der Waals surface area contributed by atoms with E-state index in [9.17, 15) is 18.4 Å². The van der Waals surface area contributed by atoms with E-state index in [1.165, 1.54) is 38.3 Å². The Morgan fingerprint density at radius 2 is 1.92 bits per heavy atom. The molecule has 2 aromatic rings. The second-order valence-electron chi connectivity index (χ2n) is 6.21. The van der Waals surface area contributed by atoms with Crippen LogP contribution in [0.5, 0.6) is 0 Å². The van der Waals surface area contributed by atoms with Gasteiger partial charge < -0.3 is 15.4 Å². The number of aryl methyl sites for hydroxylation is 1. The van der Waals surface area contributed by atoms with Gasteiger partial charge in [-0.1, -0.05) is 18.2 Å². The summed E-state index contributed by atoms with van der Waals surface area (Å²) in [5, 5.41) is 5.06. The Balaban J connectivity index is 1.92. The van der Waals surface area contributed by atoms with Gasteiger partial charge in [0.25, 0.3) is 5.91 Å². The Labute approximate surface area is 149 Å². The van der Waals surface area contributed by atoms with Gasteiger partial charge in [0, 0.05) is 24.8 Å². The second-order valence-corrected chi connectivity index (χ2v) is 6.21. The molecule has 0 saturated carbocycles. The second kappa shape index (κ2) is 6.84. The van der Waals surface area contributed by atoms with Gasteiger partial charge >= 0.3 is 0 Å². The quantitative estimate of drug-likeness (QED) is 0.879. The van der Waals surface area contributed by atoms with Crippen LogP contribution in [0.1, 0.15) is 24.5 Å². The van der Waals surface area contributed by atoms with Crippen LogP contribution in [0, 0.1) is 11.6 Å². The van der Waals surface area contributed by atoms with Crippen molar-refractivity contribution in [1.82, 2.24) is 0 Å². The lowest BCUT2D eigenvalue weighted by molar-refractivity contribution is -0.137. The lowest BCUT2D eigenvalue weighted by Gasteiger charge is -2.28. The molecule has 1 heterocycles. The molecule has 0 fully saturated rings. The highest BCUT2D eigenvalue weighted by Gasteiger charge is 2.38. The molecule has 2 aromatic carbocycles. The van der Waals surface area contributed by atoms with E-state index in [4.69, 9.17) is 4.74 Å². The summed E-state index contributed by atoms with van der Waals surface area (Å²) in [4.78, 5) is 24.2. The standard InChI is InChI=1S/C19H18F2N2O3/c1-19(26-2,12-5-3-4-6-13(12)20)18(25)23-16-9-11-7-8-17(24)22-15(11)10-14(16)21/h3-6,9-10H,7-8H2,1-2H3,(H,22,24)(H,23,25)/t19-/m0/s1. The van der Waals surface area contributed by atoms with Crippen molar-refractivity contribution in [3.63, 3.8) is 0 Å². The predicted molar refractivity (Wildman–Crippen MR) is 92.7 cm³/mol. The van der Waals surface area contributed by atoms with E-state index in [0.717, 1.165) is 6.07 Å². The van der Waals surface area contributed by atoms with Gasteiger partial charge in [-0.3, -0.25) is 9.59 Å². The Bertz CT molecular complexity index is 885. The number of carbonyl (C=O) groups excluding carboxylic acids is 2. The predicted octanol–water partition coefficient (Wildman–Crippen LogP) is 3.35. The zero-order valence-corrected chi connectivity index (χ0v) is 14.4. The number of amides is 2. The molecule has 3 rings (SSSR count). The number of methoxy groups -OCH3 is 1. The molecule has 0 aliphatic carbocycles. The number of ether oxygens (including phenoxy) is 1. The van der Waals surface area contributed by atoms with Gasteiger partial charge in [0.2, 0.25) is 5.91 Å². The van der Waals surface area contributed by atoms with E-state index in [2.05, 4.69) is 10.6 Å². The molecule has 0 aromatic heterocycles. The van der Waals surface area contributed by atoms with Crippen molar-refractivity contribution in [3.8, 4) is 0 Å². The number of halogens is 2. The number of nitrogens with one attached hydrogen (secondary N) is 2. The van der Waals surface area contributed by atoms with Crippen LogP contribution in [0.3, 0.4) is 0 Å². The van der Waals surface area contributed by atoms with Crippen LogP contribution in [0.15, 0.2) is 36.4 Å². The molecule has 5 nitrogen and oxygen atoms in total. The maximum Gasteiger partial charge on any atom is 0.261 e. The van der Waals surface area contributed by atoms with Crippen molar-refractivity contribution in [2.45, 2.75) is 25.4 Å². The Morgan fingerprint density at radius 1 is 1.19 bits per heavy atom. The van der Waals surface area contributed by atoms with Crippen molar-refractivity contribution in [3.05, 3.63) is 59.2 Å². The van der Waals surface area contributed by atoms with E-state index in [-0.39, 0.29) is 23.6 Å². The molecule has 0 spiro atoms. The molecular weight excluding hydrogens is 342 g/mol. The van der Waals surface area contributed by atoms with Crippen LogP contribution in [0.4, 0.5) is 20.2 Å². The third kappa shape index (κ3) is 3.17. The monoisotopic (exact) mass is 360 g/mol. The molecule has 26 heavy (non-hydrogen) atoms. The van der Waals surface area contributed by atoms with Crippen LogP contribution < -0.4 is 10.6 Å². The maximum absolute atomic E-state index is 14.4. The number of carbonyl (C=O) groups is 2. The maximum atomic E-state index is 14.4. The summed E-state index contributed by atoms with van der Waals surface area (Å²) in [6, 6.07) is 8.39. The molecule has 136 valence electrons. The smallest absolute Gasteiger partial charge is 0.261 e. The van der Waals surface area contributed by atoms with Crippen molar-refractivity contribution in [2.24, 2.45) is 0 Å². The van der Waals surface area contributed by atoms with E-state index in [1.807, 2.05) is 0 Å². The number of anilines is 2. The normalized spacial score (nSPS) is 15.6. The summed E-state index contributed by atoms with van der Waals surface area (Å²) in [7, 11) is 1.28. The number of fused-ring (bicyclic) bond motifs is 1. The van der Waals surface area contributed by atoms with Crippen LogP contribution in [-0.2, 0) is 26.3 Å². The summed E-state index contributed by atoms with van der Waals surface area (Å²) in [6.45, 7) is 1.41. The number of hydrogen-bond donors (Lipinski definition) is 2. The minimum Gasteiger partial charge on any atom is -0.364 e. The van der Waals surface area contributed by atoms with Crippen LogP contribution in [0.25, 0.3) is 0 Å². The average Bonchev–Trinajstić information content (AvgIpc) is 2.62. The first-order valence-corrected chi connectivity index (χ1v) is 8.09. The summed E-state index contributed by atoms with van der Waals surface area (Å²) >= 11 is 0. The number of rotatable bonds is 4. The first-order valence-electron chi connectivity index (χ1n) is 8.09. The molecular formula is C19H18F2N2O3. The van der Waals surface area contributed by atoms with Crippen molar-refractivity contribution in [1.29, 1.82) is 0 Å². The number of hydrogen-bond acceptors (Lipinski definition) is 3. The minimum atomic E-state index is -1.64. The Morgan fingerprint density at radius 3 is 2.62 bits per heavy atom. The SMILES string of the molecule is CO[C@](C)(C(=O)Nc1cc2c(cc1F)NC(=O)CC2)c1ccccc1F. The molecule has 1 aliphatic rings. The molecule has 1 atom stereocenters.